The lowest BCUT2D eigenvalue weighted by Crippen LogP contribution is -2.60. The number of hydrogen-bond acceptors (Lipinski definition) is 5. The van der Waals surface area contributed by atoms with Crippen molar-refractivity contribution in [3.05, 3.63) is 53.6 Å². The van der Waals surface area contributed by atoms with Gasteiger partial charge in [0.05, 0.1) is 0 Å². The second-order valence-electron chi connectivity index (χ2n) is 10.1. The first-order chi connectivity index (χ1) is 18.1. The highest BCUT2D eigenvalue weighted by Gasteiger charge is 2.32. The summed E-state index contributed by atoms with van der Waals surface area (Å²) in [5, 5.41) is 18.2. The molecule has 0 saturated carbocycles. The lowest BCUT2D eigenvalue weighted by atomic mass is 10.0. The standard InChI is InChI=1S/C29H38N4O5/c1-5-20-11-13-22-14-12-21(17-23(22)16-20)8-6-10-25(34)31-26(18(2)3)27(35)30-19(4)28(36)33-15-7-9-24(32-33)29(37)38/h6,8,11-14,16-19,24,26,32H,5,7,9-10,15H2,1-4H3,(H,30,35)(H,31,34)(H,37,38)/b8-6+/t19-,24-,26-/m0/s1. The van der Waals surface area contributed by atoms with Gasteiger partial charge in [-0.05, 0) is 60.1 Å². The van der Waals surface area contributed by atoms with Gasteiger partial charge in [-0.15, -0.1) is 0 Å². The van der Waals surface area contributed by atoms with Gasteiger partial charge in [0.15, 0.2) is 0 Å². The number of carboxylic acid groups (broad SMARTS) is 1. The first-order valence-corrected chi connectivity index (χ1v) is 13.2. The van der Waals surface area contributed by atoms with Gasteiger partial charge in [0.2, 0.25) is 11.8 Å². The molecule has 0 unspecified atom stereocenters. The third-order valence-corrected chi connectivity index (χ3v) is 6.70. The summed E-state index contributed by atoms with van der Waals surface area (Å²) in [4.78, 5) is 49.6. The molecular formula is C29H38N4O5. The fourth-order valence-corrected chi connectivity index (χ4v) is 4.43. The summed E-state index contributed by atoms with van der Waals surface area (Å²) in [7, 11) is 0. The van der Waals surface area contributed by atoms with Crippen LogP contribution in [0.3, 0.4) is 0 Å². The molecule has 0 radical (unpaired) electrons. The summed E-state index contributed by atoms with van der Waals surface area (Å²) in [6.07, 6.45) is 5.70. The number of benzene rings is 2. The smallest absolute Gasteiger partial charge is 0.322 e. The monoisotopic (exact) mass is 522 g/mol. The van der Waals surface area contributed by atoms with Crippen LogP contribution in [-0.4, -0.2) is 58.5 Å². The number of aliphatic carboxylic acids is 1. The van der Waals surface area contributed by atoms with Gasteiger partial charge in [0.25, 0.3) is 5.91 Å². The predicted octanol–water partition coefficient (Wildman–Crippen LogP) is 3.03. The number of aryl methyl sites for hydroxylation is 1. The maximum Gasteiger partial charge on any atom is 0.322 e. The number of fused-ring (bicyclic) bond motifs is 1. The molecule has 9 nitrogen and oxygen atoms in total. The van der Waals surface area contributed by atoms with E-state index in [2.05, 4.69) is 53.3 Å². The Kier molecular flexibility index (Phi) is 10.0. The van der Waals surface area contributed by atoms with Crippen molar-refractivity contribution in [1.29, 1.82) is 0 Å². The lowest BCUT2D eigenvalue weighted by Gasteiger charge is -2.34. The van der Waals surface area contributed by atoms with Crippen molar-refractivity contribution in [2.75, 3.05) is 6.54 Å². The number of carboxylic acids is 1. The Morgan fingerprint density at radius 2 is 1.82 bits per heavy atom. The molecule has 4 N–H and O–H groups in total. The van der Waals surface area contributed by atoms with Crippen molar-refractivity contribution >= 4 is 40.5 Å². The van der Waals surface area contributed by atoms with Crippen LogP contribution in [0.25, 0.3) is 16.8 Å². The minimum absolute atomic E-state index is 0.103. The van der Waals surface area contributed by atoms with E-state index in [0.717, 1.165) is 22.8 Å². The topological polar surface area (TPSA) is 128 Å². The molecule has 2 aromatic rings. The van der Waals surface area contributed by atoms with E-state index in [9.17, 15) is 24.3 Å². The highest BCUT2D eigenvalue weighted by Crippen LogP contribution is 2.19. The first-order valence-electron chi connectivity index (χ1n) is 13.2. The number of nitrogens with one attached hydrogen (secondary N) is 3. The van der Waals surface area contributed by atoms with E-state index in [4.69, 9.17) is 0 Å². The van der Waals surface area contributed by atoms with E-state index in [1.165, 1.54) is 10.6 Å². The van der Waals surface area contributed by atoms with Crippen LogP contribution in [0.1, 0.15) is 58.1 Å². The molecule has 1 aliphatic rings. The number of carbonyl (C=O) groups excluding carboxylic acids is 3. The summed E-state index contributed by atoms with van der Waals surface area (Å²) in [6, 6.07) is 10.00. The van der Waals surface area contributed by atoms with Crippen LogP contribution >= 0.6 is 0 Å². The lowest BCUT2D eigenvalue weighted by molar-refractivity contribution is -0.148. The zero-order valence-electron chi connectivity index (χ0n) is 22.5. The average Bonchev–Trinajstić information content (AvgIpc) is 2.90. The molecule has 1 saturated heterocycles. The molecule has 3 rings (SSSR count). The van der Waals surface area contributed by atoms with Gasteiger partial charge < -0.3 is 15.7 Å². The third kappa shape index (κ3) is 7.64. The van der Waals surface area contributed by atoms with Gasteiger partial charge in [-0.1, -0.05) is 63.3 Å². The van der Waals surface area contributed by atoms with Crippen LogP contribution in [0.2, 0.25) is 0 Å². The zero-order valence-corrected chi connectivity index (χ0v) is 22.5. The summed E-state index contributed by atoms with van der Waals surface area (Å²) in [5.74, 6) is -2.43. The Morgan fingerprint density at radius 1 is 1.08 bits per heavy atom. The predicted molar refractivity (Wildman–Crippen MR) is 147 cm³/mol. The molecule has 0 aliphatic carbocycles. The molecule has 3 atom stereocenters. The number of hydrazine groups is 1. The molecule has 204 valence electrons. The SMILES string of the molecule is CCc1ccc2ccc(/C=C/CC(=O)N[C@H](C(=O)N[C@@H](C)C(=O)N3CCC[C@@H](C(=O)O)N3)C(C)C)cc2c1. The van der Waals surface area contributed by atoms with Gasteiger partial charge in [0.1, 0.15) is 18.1 Å². The summed E-state index contributed by atoms with van der Waals surface area (Å²) in [5.41, 5.74) is 4.95. The van der Waals surface area contributed by atoms with Crippen LogP contribution in [0.4, 0.5) is 0 Å². The van der Waals surface area contributed by atoms with Crippen molar-refractivity contribution in [3.8, 4) is 0 Å². The van der Waals surface area contributed by atoms with Crippen LogP contribution < -0.4 is 16.1 Å². The number of carbonyl (C=O) groups is 4. The van der Waals surface area contributed by atoms with E-state index < -0.39 is 35.9 Å². The molecular weight excluding hydrogens is 484 g/mol. The van der Waals surface area contributed by atoms with Crippen molar-refractivity contribution in [3.63, 3.8) is 0 Å². The van der Waals surface area contributed by atoms with Crippen molar-refractivity contribution in [2.45, 2.75) is 71.5 Å². The minimum atomic E-state index is -1.03. The first kappa shape index (κ1) is 28.8. The van der Waals surface area contributed by atoms with Gasteiger partial charge >= 0.3 is 5.97 Å². The minimum Gasteiger partial charge on any atom is -0.480 e. The largest absolute Gasteiger partial charge is 0.480 e. The van der Waals surface area contributed by atoms with E-state index in [1.54, 1.807) is 13.0 Å². The van der Waals surface area contributed by atoms with E-state index in [0.29, 0.717) is 19.4 Å². The van der Waals surface area contributed by atoms with Crippen molar-refractivity contribution in [1.82, 2.24) is 21.1 Å². The molecule has 0 bridgehead atoms. The fraction of sp³-hybridized carbons (Fsp3) is 0.448. The van der Waals surface area contributed by atoms with E-state index in [-0.39, 0.29) is 18.2 Å². The Morgan fingerprint density at radius 3 is 2.50 bits per heavy atom. The third-order valence-electron chi connectivity index (χ3n) is 6.70. The average molecular weight is 523 g/mol. The fourth-order valence-electron chi connectivity index (χ4n) is 4.43. The quantitative estimate of drug-likeness (QED) is 0.380. The normalized spacial score (nSPS) is 17.4. The molecule has 38 heavy (non-hydrogen) atoms. The Bertz CT molecular complexity index is 1210. The maximum atomic E-state index is 12.9. The molecule has 2 aromatic carbocycles. The van der Waals surface area contributed by atoms with Crippen molar-refractivity contribution < 1.29 is 24.3 Å². The Labute approximate surface area is 223 Å². The van der Waals surface area contributed by atoms with Gasteiger partial charge in [-0.25, -0.2) is 5.43 Å². The molecule has 9 heteroatoms. The molecule has 1 aliphatic heterocycles. The maximum absolute atomic E-state index is 12.9. The molecule has 1 heterocycles. The summed E-state index contributed by atoms with van der Waals surface area (Å²) < 4.78 is 0. The second-order valence-corrected chi connectivity index (χ2v) is 10.1. The molecule has 3 amide bonds. The van der Waals surface area contributed by atoms with Crippen LogP contribution in [0.15, 0.2) is 42.5 Å². The highest BCUT2D eigenvalue weighted by atomic mass is 16.4. The van der Waals surface area contributed by atoms with E-state index in [1.807, 2.05) is 26.0 Å². The van der Waals surface area contributed by atoms with Gasteiger partial charge in [-0.3, -0.25) is 24.2 Å². The molecule has 1 fully saturated rings. The molecule has 0 aromatic heterocycles. The van der Waals surface area contributed by atoms with Crippen LogP contribution in [0.5, 0.6) is 0 Å². The highest BCUT2D eigenvalue weighted by molar-refractivity contribution is 5.92. The van der Waals surface area contributed by atoms with Crippen molar-refractivity contribution in [2.24, 2.45) is 5.92 Å². The van der Waals surface area contributed by atoms with Crippen LogP contribution in [-0.2, 0) is 25.6 Å². The number of rotatable bonds is 10. The molecule has 0 spiro atoms. The Hall–Kier alpha value is -3.72. The van der Waals surface area contributed by atoms with Gasteiger partial charge in [0, 0.05) is 13.0 Å². The number of hydrogen-bond donors (Lipinski definition) is 4. The number of nitrogens with zero attached hydrogens (tertiary/aromatic N) is 1. The van der Waals surface area contributed by atoms with Crippen LogP contribution in [0, 0.1) is 5.92 Å². The van der Waals surface area contributed by atoms with Gasteiger partial charge in [-0.2, -0.15) is 0 Å². The second kappa shape index (κ2) is 13.2. The summed E-state index contributed by atoms with van der Waals surface area (Å²) >= 11 is 0. The summed E-state index contributed by atoms with van der Waals surface area (Å²) in [6.45, 7) is 7.65. The van der Waals surface area contributed by atoms with E-state index >= 15 is 0 Å². The number of amides is 3. The Balaban J connectivity index is 1.55. The zero-order chi connectivity index (χ0) is 27.8.